The van der Waals surface area contributed by atoms with E-state index in [-0.39, 0.29) is 29.3 Å². The number of hydrogen-bond acceptors (Lipinski definition) is 8. The van der Waals surface area contributed by atoms with E-state index in [2.05, 4.69) is 4.74 Å². The number of furan rings is 1. The summed E-state index contributed by atoms with van der Waals surface area (Å²) in [6.45, 7) is 3.78. The molecule has 8 nitrogen and oxygen atoms in total. The molecule has 4 aromatic rings. The van der Waals surface area contributed by atoms with E-state index < -0.39 is 5.97 Å². The van der Waals surface area contributed by atoms with Crippen LogP contribution in [-0.2, 0) is 11.3 Å². The first kappa shape index (κ1) is 23.0. The molecule has 0 N–H and O–H groups in total. The maximum Gasteiger partial charge on any atom is 0.373 e. The van der Waals surface area contributed by atoms with Crippen LogP contribution in [0.25, 0.3) is 22.3 Å². The van der Waals surface area contributed by atoms with E-state index in [0.717, 1.165) is 11.1 Å². The monoisotopic (exact) mass is 464 g/mol. The highest BCUT2D eigenvalue weighted by atomic mass is 16.5. The van der Waals surface area contributed by atoms with Gasteiger partial charge in [0, 0.05) is 5.56 Å². The quantitative estimate of drug-likeness (QED) is 0.351. The summed E-state index contributed by atoms with van der Waals surface area (Å²) in [6, 6.07) is 11.9. The number of carbonyl (C=O) groups is 1. The van der Waals surface area contributed by atoms with Crippen molar-refractivity contribution in [2.45, 2.75) is 20.5 Å². The maximum atomic E-state index is 13.5. The molecule has 2 heterocycles. The second kappa shape index (κ2) is 9.35. The van der Waals surface area contributed by atoms with E-state index in [1.807, 2.05) is 19.9 Å². The molecule has 2 aromatic heterocycles. The molecule has 0 saturated carbocycles. The number of ether oxygens (including phenoxy) is 4. The van der Waals surface area contributed by atoms with E-state index in [4.69, 9.17) is 23.0 Å². The minimum Gasteiger partial charge on any atom is -0.493 e. The van der Waals surface area contributed by atoms with Gasteiger partial charge in [0.1, 0.15) is 18.0 Å². The number of carbonyl (C=O) groups excluding carboxylic acids is 1. The molecule has 4 rings (SSSR count). The molecule has 0 aliphatic rings. The molecule has 34 heavy (non-hydrogen) atoms. The number of aryl methyl sites for hydroxylation is 2. The predicted molar refractivity (Wildman–Crippen MR) is 125 cm³/mol. The smallest absolute Gasteiger partial charge is 0.373 e. The van der Waals surface area contributed by atoms with Crippen LogP contribution in [0.5, 0.6) is 17.2 Å². The van der Waals surface area contributed by atoms with Crippen molar-refractivity contribution >= 4 is 16.9 Å². The van der Waals surface area contributed by atoms with Gasteiger partial charge in [-0.2, -0.15) is 0 Å². The van der Waals surface area contributed by atoms with Crippen LogP contribution in [-0.4, -0.2) is 27.3 Å². The molecule has 0 spiro atoms. The van der Waals surface area contributed by atoms with Crippen LogP contribution in [0.4, 0.5) is 0 Å². The van der Waals surface area contributed by atoms with Crippen LogP contribution < -0.4 is 19.6 Å². The first-order valence-electron chi connectivity index (χ1n) is 10.5. The van der Waals surface area contributed by atoms with Crippen molar-refractivity contribution in [1.29, 1.82) is 0 Å². The average molecular weight is 464 g/mol. The van der Waals surface area contributed by atoms with Crippen molar-refractivity contribution in [3.63, 3.8) is 0 Å². The highest BCUT2D eigenvalue weighted by molar-refractivity contribution is 5.86. The van der Waals surface area contributed by atoms with Crippen molar-refractivity contribution < 1.29 is 32.6 Å². The summed E-state index contributed by atoms with van der Waals surface area (Å²) in [5, 5.41) is 0.400. The summed E-state index contributed by atoms with van der Waals surface area (Å²) in [7, 11) is 4.33. The topological polar surface area (TPSA) is 97.3 Å². The van der Waals surface area contributed by atoms with Crippen LogP contribution >= 0.6 is 0 Å². The lowest BCUT2D eigenvalue weighted by molar-refractivity contribution is 0.0561. The fourth-order valence-electron chi connectivity index (χ4n) is 3.54. The summed E-state index contributed by atoms with van der Waals surface area (Å²) in [4.78, 5) is 25.2. The molecule has 0 aliphatic heterocycles. The number of fused-ring (bicyclic) bond motifs is 1. The van der Waals surface area contributed by atoms with Crippen LogP contribution in [0.15, 0.2) is 56.1 Å². The molecular formula is C26H24O8. The number of methoxy groups -OCH3 is 3. The van der Waals surface area contributed by atoms with Gasteiger partial charge in [0.2, 0.25) is 16.9 Å². The maximum absolute atomic E-state index is 13.5. The third-order valence-electron chi connectivity index (χ3n) is 5.52. The normalized spacial score (nSPS) is 10.9. The minimum atomic E-state index is -0.603. The average Bonchev–Trinajstić information content (AvgIpc) is 3.32. The van der Waals surface area contributed by atoms with Gasteiger partial charge in [0.15, 0.2) is 17.3 Å². The third-order valence-corrected chi connectivity index (χ3v) is 5.52. The summed E-state index contributed by atoms with van der Waals surface area (Å²) >= 11 is 0. The van der Waals surface area contributed by atoms with Crippen LogP contribution in [0.3, 0.4) is 0 Å². The van der Waals surface area contributed by atoms with Crippen LogP contribution in [0.2, 0.25) is 0 Å². The van der Waals surface area contributed by atoms with Crippen LogP contribution in [0.1, 0.15) is 27.4 Å². The zero-order chi connectivity index (χ0) is 24.4. The summed E-state index contributed by atoms with van der Waals surface area (Å²) in [5.74, 6) is 1.04. The SMILES string of the molecule is COC(=O)c1ccc(COc2c(-c3ccc(OC)c(OC)c3)oc3cc(C)c(C)cc3c2=O)o1. The van der Waals surface area contributed by atoms with Crippen molar-refractivity contribution in [1.82, 2.24) is 0 Å². The zero-order valence-corrected chi connectivity index (χ0v) is 19.5. The molecule has 0 fully saturated rings. The van der Waals surface area contributed by atoms with Gasteiger partial charge in [0.05, 0.1) is 26.7 Å². The molecule has 0 aliphatic carbocycles. The van der Waals surface area contributed by atoms with Gasteiger partial charge in [-0.3, -0.25) is 4.79 Å². The fourth-order valence-corrected chi connectivity index (χ4v) is 3.54. The largest absolute Gasteiger partial charge is 0.493 e. The summed E-state index contributed by atoms with van der Waals surface area (Å²) < 4.78 is 33.0. The van der Waals surface area contributed by atoms with Crippen molar-refractivity contribution in [2.75, 3.05) is 21.3 Å². The Morgan fingerprint density at radius 1 is 0.882 bits per heavy atom. The highest BCUT2D eigenvalue weighted by Crippen LogP contribution is 2.37. The van der Waals surface area contributed by atoms with Crippen molar-refractivity contribution in [3.8, 4) is 28.6 Å². The Labute approximate surface area is 195 Å². The Hall–Kier alpha value is -4.20. The van der Waals surface area contributed by atoms with E-state index in [9.17, 15) is 9.59 Å². The number of rotatable bonds is 7. The Bertz CT molecular complexity index is 1430. The number of hydrogen-bond donors (Lipinski definition) is 0. The number of esters is 1. The zero-order valence-electron chi connectivity index (χ0n) is 19.5. The van der Waals surface area contributed by atoms with Gasteiger partial charge in [-0.25, -0.2) is 4.79 Å². The van der Waals surface area contributed by atoms with E-state index in [0.29, 0.717) is 33.8 Å². The summed E-state index contributed by atoms with van der Waals surface area (Å²) in [6.07, 6.45) is 0. The Kier molecular flexibility index (Phi) is 6.32. The van der Waals surface area contributed by atoms with Crippen molar-refractivity contribution in [3.05, 3.63) is 75.3 Å². The molecule has 0 amide bonds. The predicted octanol–water partition coefficient (Wildman–Crippen LogP) is 5.05. The van der Waals surface area contributed by atoms with Gasteiger partial charge >= 0.3 is 5.97 Å². The molecule has 0 saturated heterocycles. The lowest BCUT2D eigenvalue weighted by Crippen LogP contribution is -2.10. The highest BCUT2D eigenvalue weighted by Gasteiger charge is 2.21. The van der Waals surface area contributed by atoms with Gasteiger partial charge in [-0.05, 0) is 67.4 Å². The molecule has 0 radical (unpaired) electrons. The fraction of sp³-hybridized carbons (Fsp3) is 0.231. The van der Waals surface area contributed by atoms with E-state index >= 15 is 0 Å². The Balaban J connectivity index is 1.84. The van der Waals surface area contributed by atoms with Gasteiger partial charge in [-0.1, -0.05) is 0 Å². The summed E-state index contributed by atoms with van der Waals surface area (Å²) in [5.41, 5.74) is 2.64. The minimum absolute atomic E-state index is 0.0130. The van der Waals surface area contributed by atoms with Gasteiger partial charge < -0.3 is 27.8 Å². The molecule has 0 bridgehead atoms. The second-order valence-electron chi connectivity index (χ2n) is 7.64. The van der Waals surface area contributed by atoms with E-state index in [1.54, 1.807) is 37.4 Å². The molecule has 2 aromatic carbocycles. The van der Waals surface area contributed by atoms with Crippen LogP contribution in [0, 0.1) is 13.8 Å². The van der Waals surface area contributed by atoms with Crippen molar-refractivity contribution in [2.24, 2.45) is 0 Å². The molecule has 0 unspecified atom stereocenters. The Morgan fingerprint density at radius 3 is 2.32 bits per heavy atom. The standard InChI is InChI=1S/C26H24O8/c1-14-10-18-21(11-15(14)2)34-24(16-6-8-19(29-3)22(12-16)30-4)25(23(18)27)32-13-17-7-9-20(33-17)26(28)31-5/h6-12H,13H2,1-5H3. The number of benzene rings is 2. The lowest BCUT2D eigenvalue weighted by Gasteiger charge is -2.14. The second-order valence-corrected chi connectivity index (χ2v) is 7.64. The molecule has 0 atom stereocenters. The molecular weight excluding hydrogens is 440 g/mol. The third kappa shape index (κ3) is 4.22. The van der Waals surface area contributed by atoms with Gasteiger partial charge in [0.25, 0.3) is 0 Å². The van der Waals surface area contributed by atoms with E-state index in [1.165, 1.54) is 20.3 Å². The first-order chi connectivity index (χ1) is 16.4. The Morgan fingerprint density at radius 2 is 1.62 bits per heavy atom. The molecule has 176 valence electrons. The van der Waals surface area contributed by atoms with Gasteiger partial charge in [-0.15, -0.1) is 0 Å². The molecule has 8 heteroatoms. The first-order valence-corrected chi connectivity index (χ1v) is 10.5. The lowest BCUT2D eigenvalue weighted by atomic mass is 10.0.